The maximum absolute atomic E-state index is 12.6. The number of nitrogens with zero attached hydrogens (tertiary/aromatic N) is 1. The molecule has 2 N–H and O–H groups in total. The van der Waals surface area contributed by atoms with Crippen LogP contribution in [0.25, 0.3) is 0 Å². The smallest absolute Gasteiger partial charge is 0.280 e. The van der Waals surface area contributed by atoms with Gasteiger partial charge in [0.05, 0.1) is 26.8 Å². The van der Waals surface area contributed by atoms with Crippen LogP contribution in [0.15, 0.2) is 18.2 Å². The molecule has 1 aliphatic rings. The Balaban J connectivity index is 1.63. The number of benzene rings is 1. The number of fused-ring (bicyclic) bond motifs is 1. The number of quaternary nitrogens is 1. The standard InChI is InChI=1S/C22H27N3O3S/c1-25(13-15-9-10-18(27-2)19(11-15)28-3)14-21(26)24-22-17(12-23)16-7-5-4-6-8-20(16)29-22/h9-11H,4-8,13-14H2,1-3H3,(H,24,26)/p+1. The second kappa shape index (κ2) is 9.77. The van der Waals surface area contributed by atoms with E-state index >= 15 is 0 Å². The van der Waals surface area contributed by atoms with Gasteiger partial charge in [0.2, 0.25) is 0 Å². The fourth-order valence-electron chi connectivity index (χ4n) is 3.80. The van der Waals surface area contributed by atoms with E-state index in [-0.39, 0.29) is 5.91 Å². The van der Waals surface area contributed by atoms with E-state index < -0.39 is 0 Å². The summed E-state index contributed by atoms with van der Waals surface area (Å²) in [4.78, 5) is 14.9. The largest absolute Gasteiger partial charge is 0.493 e. The number of hydrogen-bond acceptors (Lipinski definition) is 5. The topological polar surface area (TPSA) is 75.8 Å². The molecule has 1 aromatic carbocycles. The van der Waals surface area contributed by atoms with Crippen molar-refractivity contribution in [1.82, 2.24) is 0 Å². The van der Waals surface area contributed by atoms with Crippen LogP contribution < -0.4 is 19.7 Å². The highest BCUT2D eigenvalue weighted by molar-refractivity contribution is 7.16. The van der Waals surface area contributed by atoms with Crippen molar-refractivity contribution >= 4 is 22.2 Å². The Labute approximate surface area is 176 Å². The molecule has 7 heteroatoms. The number of ether oxygens (including phenoxy) is 2. The van der Waals surface area contributed by atoms with E-state index in [1.807, 2.05) is 25.2 Å². The van der Waals surface area contributed by atoms with Crippen molar-refractivity contribution in [3.8, 4) is 17.6 Å². The number of nitrogens with one attached hydrogen (secondary N) is 2. The SMILES string of the molecule is COc1ccc(C[NH+](C)CC(=O)Nc2sc3c(c2C#N)CCCCC3)cc1OC. The van der Waals surface area contributed by atoms with Gasteiger partial charge in [-0.05, 0) is 49.4 Å². The number of aryl methyl sites for hydroxylation is 1. The molecule has 0 radical (unpaired) electrons. The van der Waals surface area contributed by atoms with Gasteiger partial charge in [-0.15, -0.1) is 11.3 Å². The highest BCUT2D eigenvalue weighted by Gasteiger charge is 2.22. The molecule has 1 aromatic heterocycles. The summed E-state index contributed by atoms with van der Waals surface area (Å²) in [5.74, 6) is 1.30. The molecule has 0 fully saturated rings. The van der Waals surface area contributed by atoms with Crippen molar-refractivity contribution in [3.05, 3.63) is 39.8 Å². The summed E-state index contributed by atoms with van der Waals surface area (Å²) in [5, 5.41) is 13.3. The Morgan fingerprint density at radius 2 is 1.97 bits per heavy atom. The number of methoxy groups -OCH3 is 2. The Morgan fingerprint density at radius 1 is 1.21 bits per heavy atom. The van der Waals surface area contributed by atoms with E-state index in [0.717, 1.165) is 41.7 Å². The number of rotatable bonds is 7. The molecule has 1 heterocycles. The highest BCUT2D eigenvalue weighted by Crippen LogP contribution is 2.36. The lowest BCUT2D eigenvalue weighted by molar-refractivity contribution is -0.885. The fraction of sp³-hybridized carbons (Fsp3) is 0.455. The monoisotopic (exact) mass is 414 g/mol. The lowest BCUT2D eigenvalue weighted by atomic mass is 10.1. The second-order valence-electron chi connectivity index (χ2n) is 7.43. The third kappa shape index (κ3) is 5.08. The van der Waals surface area contributed by atoms with Gasteiger partial charge in [0.1, 0.15) is 17.6 Å². The molecule has 0 aliphatic heterocycles. The Bertz CT molecular complexity index is 917. The molecular weight excluding hydrogens is 386 g/mol. The molecule has 3 rings (SSSR count). The summed E-state index contributed by atoms with van der Waals surface area (Å²) in [6, 6.07) is 8.10. The lowest BCUT2D eigenvalue weighted by Crippen LogP contribution is -3.08. The van der Waals surface area contributed by atoms with Gasteiger partial charge in [-0.2, -0.15) is 5.26 Å². The summed E-state index contributed by atoms with van der Waals surface area (Å²) in [7, 11) is 5.20. The molecule has 0 saturated heterocycles. The van der Waals surface area contributed by atoms with Gasteiger partial charge in [0, 0.05) is 10.4 Å². The maximum Gasteiger partial charge on any atom is 0.280 e. The summed E-state index contributed by atoms with van der Waals surface area (Å²) in [6.45, 7) is 1.00. The van der Waals surface area contributed by atoms with Gasteiger partial charge < -0.3 is 19.7 Å². The normalized spacial score (nSPS) is 14.3. The highest BCUT2D eigenvalue weighted by atomic mass is 32.1. The van der Waals surface area contributed by atoms with Crippen molar-refractivity contribution in [2.24, 2.45) is 0 Å². The van der Waals surface area contributed by atoms with Crippen molar-refractivity contribution in [2.45, 2.75) is 38.6 Å². The molecule has 2 aromatic rings. The predicted molar refractivity (Wildman–Crippen MR) is 114 cm³/mol. The number of nitriles is 1. The average molecular weight is 415 g/mol. The molecule has 1 atom stereocenters. The van der Waals surface area contributed by atoms with Crippen molar-refractivity contribution in [1.29, 1.82) is 5.26 Å². The third-order valence-electron chi connectivity index (χ3n) is 5.20. The van der Waals surface area contributed by atoms with E-state index in [1.165, 1.54) is 11.3 Å². The zero-order chi connectivity index (χ0) is 20.8. The van der Waals surface area contributed by atoms with Crippen LogP contribution in [0.1, 0.15) is 40.8 Å². The molecule has 6 nitrogen and oxygen atoms in total. The number of hydrogen-bond donors (Lipinski definition) is 2. The molecular formula is C22H28N3O3S+. The van der Waals surface area contributed by atoms with Crippen LogP contribution in [0, 0.1) is 11.3 Å². The molecule has 29 heavy (non-hydrogen) atoms. The minimum atomic E-state index is -0.0733. The molecule has 154 valence electrons. The van der Waals surface area contributed by atoms with Crippen LogP contribution in [0.4, 0.5) is 5.00 Å². The summed E-state index contributed by atoms with van der Waals surface area (Å²) >= 11 is 1.57. The summed E-state index contributed by atoms with van der Waals surface area (Å²) in [5.41, 5.74) is 2.88. The van der Waals surface area contributed by atoms with Crippen LogP contribution in [0.5, 0.6) is 11.5 Å². The number of carbonyl (C=O) groups excluding carboxylic acids is 1. The molecule has 1 amide bonds. The van der Waals surface area contributed by atoms with Crippen LogP contribution in [0.3, 0.4) is 0 Å². The van der Waals surface area contributed by atoms with Crippen LogP contribution in [0.2, 0.25) is 0 Å². The molecule has 0 saturated carbocycles. The Kier molecular flexibility index (Phi) is 7.13. The van der Waals surface area contributed by atoms with Crippen molar-refractivity contribution in [3.63, 3.8) is 0 Å². The molecule has 1 aliphatic carbocycles. The van der Waals surface area contributed by atoms with E-state index in [9.17, 15) is 10.1 Å². The Morgan fingerprint density at radius 3 is 2.69 bits per heavy atom. The molecule has 0 spiro atoms. The first-order valence-electron chi connectivity index (χ1n) is 9.92. The first-order valence-corrected chi connectivity index (χ1v) is 10.7. The Hall–Kier alpha value is -2.56. The number of amides is 1. The van der Waals surface area contributed by atoms with Crippen molar-refractivity contribution < 1.29 is 19.2 Å². The van der Waals surface area contributed by atoms with Gasteiger partial charge in [-0.3, -0.25) is 4.79 Å². The number of likely N-dealkylation sites (N-methyl/N-ethyl adjacent to an activating group) is 1. The number of thiophene rings is 1. The first kappa shape index (κ1) is 21.2. The second-order valence-corrected chi connectivity index (χ2v) is 8.53. The minimum Gasteiger partial charge on any atom is -0.493 e. The average Bonchev–Trinajstić information content (AvgIpc) is 2.86. The predicted octanol–water partition coefficient (Wildman–Crippen LogP) is 2.56. The van der Waals surface area contributed by atoms with E-state index in [0.29, 0.717) is 35.2 Å². The van der Waals surface area contributed by atoms with Crippen LogP contribution in [-0.2, 0) is 24.2 Å². The molecule has 1 unspecified atom stereocenters. The van der Waals surface area contributed by atoms with Gasteiger partial charge in [-0.25, -0.2) is 0 Å². The minimum absolute atomic E-state index is 0.0733. The van der Waals surface area contributed by atoms with Crippen LogP contribution >= 0.6 is 11.3 Å². The zero-order valence-corrected chi connectivity index (χ0v) is 18.1. The molecule has 0 bridgehead atoms. The van der Waals surface area contributed by atoms with Crippen LogP contribution in [-0.4, -0.2) is 33.7 Å². The van der Waals surface area contributed by atoms with E-state index in [4.69, 9.17) is 9.47 Å². The third-order valence-corrected chi connectivity index (χ3v) is 6.41. The zero-order valence-electron chi connectivity index (χ0n) is 17.3. The maximum atomic E-state index is 12.6. The summed E-state index contributed by atoms with van der Waals surface area (Å²) in [6.07, 6.45) is 5.43. The van der Waals surface area contributed by atoms with Gasteiger partial charge >= 0.3 is 0 Å². The first-order chi connectivity index (χ1) is 14.0. The van der Waals surface area contributed by atoms with Crippen molar-refractivity contribution in [2.75, 3.05) is 33.1 Å². The fourth-order valence-corrected chi connectivity index (χ4v) is 5.05. The quantitative estimate of drug-likeness (QED) is 0.683. The van der Waals surface area contributed by atoms with Gasteiger partial charge in [0.25, 0.3) is 5.91 Å². The number of anilines is 1. The van der Waals surface area contributed by atoms with E-state index in [2.05, 4.69) is 11.4 Å². The lowest BCUT2D eigenvalue weighted by Gasteiger charge is -2.15. The van der Waals surface area contributed by atoms with Gasteiger partial charge in [0.15, 0.2) is 18.0 Å². The van der Waals surface area contributed by atoms with E-state index in [1.54, 1.807) is 25.6 Å². The summed E-state index contributed by atoms with van der Waals surface area (Å²) < 4.78 is 10.6. The number of carbonyl (C=O) groups is 1. The van der Waals surface area contributed by atoms with Gasteiger partial charge in [-0.1, -0.05) is 6.42 Å².